The first kappa shape index (κ1) is 15.9. The number of rotatable bonds is 4. The molecule has 1 N–H and O–H groups in total. The second kappa shape index (κ2) is 6.43. The van der Waals surface area contributed by atoms with Crippen molar-refractivity contribution >= 4 is 34.0 Å². The van der Waals surface area contributed by atoms with E-state index in [0.29, 0.717) is 12.0 Å². The number of hydrogen-bond acceptors (Lipinski definition) is 5. The van der Waals surface area contributed by atoms with Crippen LogP contribution in [0.15, 0.2) is 30.6 Å². The SMILES string of the molecule is Clc1cc2nc(-n3cccn3)nc(NC3CC3)c2cc1N1CCCCC1. The van der Waals surface area contributed by atoms with Crippen LogP contribution in [-0.2, 0) is 0 Å². The van der Waals surface area contributed by atoms with Gasteiger partial charge in [-0.15, -0.1) is 0 Å². The van der Waals surface area contributed by atoms with Crippen molar-refractivity contribution in [2.24, 2.45) is 0 Å². The Bertz CT molecular complexity index is 929. The van der Waals surface area contributed by atoms with Crippen LogP contribution in [0, 0.1) is 0 Å². The van der Waals surface area contributed by atoms with Gasteiger partial charge in [0.15, 0.2) is 0 Å². The lowest BCUT2D eigenvalue weighted by atomic mass is 10.1. The van der Waals surface area contributed by atoms with E-state index in [4.69, 9.17) is 21.6 Å². The zero-order valence-electron chi connectivity index (χ0n) is 14.5. The summed E-state index contributed by atoms with van der Waals surface area (Å²) in [6, 6.07) is 6.50. The maximum atomic E-state index is 6.64. The summed E-state index contributed by atoms with van der Waals surface area (Å²) in [6.07, 6.45) is 9.70. The maximum Gasteiger partial charge on any atom is 0.253 e. The molecule has 3 aromatic rings. The molecule has 26 heavy (non-hydrogen) atoms. The van der Waals surface area contributed by atoms with E-state index < -0.39 is 0 Å². The van der Waals surface area contributed by atoms with Crippen LogP contribution in [0.2, 0.25) is 5.02 Å². The molecule has 0 unspecified atom stereocenters. The molecule has 5 rings (SSSR count). The average molecular weight is 369 g/mol. The van der Waals surface area contributed by atoms with Crippen LogP contribution in [0.5, 0.6) is 0 Å². The van der Waals surface area contributed by atoms with E-state index in [0.717, 1.165) is 40.5 Å². The number of aromatic nitrogens is 4. The normalized spacial score (nSPS) is 17.7. The lowest BCUT2D eigenvalue weighted by Crippen LogP contribution is -2.29. The van der Waals surface area contributed by atoms with E-state index in [-0.39, 0.29) is 0 Å². The Balaban J connectivity index is 1.64. The van der Waals surface area contributed by atoms with Gasteiger partial charge in [0, 0.05) is 36.9 Å². The summed E-state index contributed by atoms with van der Waals surface area (Å²) >= 11 is 6.64. The number of anilines is 2. The van der Waals surface area contributed by atoms with Gasteiger partial charge in [0.25, 0.3) is 5.95 Å². The molecule has 1 saturated carbocycles. The van der Waals surface area contributed by atoms with Crippen molar-refractivity contribution in [3.8, 4) is 5.95 Å². The van der Waals surface area contributed by atoms with E-state index in [9.17, 15) is 0 Å². The zero-order chi connectivity index (χ0) is 17.5. The minimum Gasteiger partial charge on any atom is -0.370 e. The number of piperidine rings is 1. The third-order valence-corrected chi connectivity index (χ3v) is 5.38. The van der Waals surface area contributed by atoms with Crippen LogP contribution < -0.4 is 10.2 Å². The Hall–Kier alpha value is -2.34. The van der Waals surface area contributed by atoms with E-state index in [1.165, 1.54) is 32.1 Å². The first-order chi connectivity index (χ1) is 12.8. The molecule has 1 aliphatic heterocycles. The molecular formula is C19H21ClN6. The van der Waals surface area contributed by atoms with Gasteiger partial charge in [-0.05, 0) is 50.3 Å². The average Bonchev–Trinajstić information content (AvgIpc) is 3.30. The lowest BCUT2D eigenvalue weighted by Gasteiger charge is -2.30. The quantitative estimate of drug-likeness (QED) is 0.753. The molecule has 1 saturated heterocycles. The number of benzene rings is 1. The minimum absolute atomic E-state index is 0.507. The van der Waals surface area contributed by atoms with Gasteiger partial charge >= 0.3 is 0 Å². The first-order valence-corrected chi connectivity index (χ1v) is 9.68. The van der Waals surface area contributed by atoms with Crippen molar-refractivity contribution in [3.63, 3.8) is 0 Å². The van der Waals surface area contributed by atoms with Crippen molar-refractivity contribution in [1.82, 2.24) is 19.7 Å². The van der Waals surface area contributed by atoms with Crippen LogP contribution in [-0.4, -0.2) is 38.9 Å². The zero-order valence-corrected chi connectivity index (χ0v) is 15.3. The van der Waals surface area contributed by atoms with Gasteiger partial charge in [0.05, 0.1) is 16.2 Å². The fourth-order valence-electron chi connectivity index (χ4n) is 3.52. The summed E-state index contributed by atoms with van der Waals surface area (Å²) in [7, 11) is 0. The molecule has 134 valence electrons. The molecule has 2 aromatic heterocycles. The van der Waals surface area contributed by atoms with E-state index in [1.807, 2.05) is 18.3 Å². The van der Waals surface area contributed by atoms with Crippen molar-refractivity contribution in [2.45, 2.75) is 38.1 Å². The van der Waals surface area contributed by atoms with Gasteiger partial charge in [-0.3, -0.25) is 0 Å². The Morgan fingerprint density at radius 3 is 2.65 bits per heavy atom. The van der Waals surface area contributed by atoms with Crippen molar-refractivity contribution in [1.29, 1.82) is 0 Å². The predicted octanol–water partition coefficient (Wildman–Crippen LogP) is 4.03. The fraction of sp³-hybridized carbons (Fsp3) is 0.421. The third kappa shape index (κ3) is 2.98. The highest BCUT2D eigenvalue weighted by Gasteiger charge is 2.24. The Labute approximate surface area is 157 Å². The van der Waals surface area contributed by atoms with Gasteiger partial charge < -0.3 is 10.2 Å². The fourth-order valence-corrected chi connectivity index (χ4v) is 3.80. The summed E-state index contributed by atoms with van der Waals surface area (Å²) in [5, 5.41) is 9.60. The largest absolute Gasteiger partial charge is 0.370 e. The van der Waals surface area contributed by atoms with Gasteiger partial charge in [0.1, 0.15) is 5.82 Å². The molecule has 6 nitrogen and oxygen atoms in total. The Morgan fingerprint density at radius 1 is 1.08 bits per heavy atom. The van der Waals surface area contributed by atoms with Crippen molar-refractivity contribution in [3.05, 3.63) is 35.6 Å². The predicted molar refractivity (Wildman–Crippen MR) is 104 cm³/mol. The molecule has 7 heteroatoms. The third-order valence-electron chi connectivity index (χ3n) is 5.08. The summed E-state index contributed by atoms with van der Waals surface area (Å²) < 4.78 is 1.68. The van der Waals surface area contributed by atoms with Crippen LogP contribution in [0.3, 0.4) is 0 Å². The summed E-state index contributed by atoms with van der Waals surface area (Å²) in [5.41, 5.74) is 1.94. The van der Waals surface area contributed by atoms with E-state index in [1.54, 1.807) is 10.9 Å². The summed E-state index contributed by atoms with van der Waals surface area (Å²) in [6.45, 7) is 2.12. The summed E-state index contributed by atoms with van der Waals surface area (Å²) in [4.78, 5) is 11.8. The maximum absolute atomic E-state index is 6.64. The van der Waals surface area contributed by atoms with E-state index in [2.05, 4.69) is 21.4 Å². The monoisotopic (exact) mass is 368 g/mol. The Kier molecular flexibility index (Phi) is 3.93. The minimum atomic E-state index is 0.507. The highest BCUT2D eigenvalue weighted by atomic mass is 35.5. The van der Waals surface area contributed by atoms with Gasteiger partial charge in [-0.2, -0.15) is 10.1 Å². The van der Waals surface area contributed by atoms with Gasteiger partial charge in [0.2, 0.25) is 0 Å². The van der Waals surface area contributed by atoms with Crippen LogP contribution >= 0.6 is 11.6 Å². The molecule has 2 fully saturated rings. The molecule has 2 aliphatic rings. The highest BCUT2D eigenvalue weighted by molar-refractivity contribution is 6.34. The number of hydrogen-bond donors (Lipinski definition) is 1. The van der Waals surface area contributed by atoms with Crippen LogP contribution in [0.1, 0.15) is 32.1 Å². The van der Waals surface area contributed by atoms with E-state index >= 15 is 0 Å². The number of nitrogens with one attached hydrogen (secondary N) is 1. The highest BCUT2D eigenvalue weighted by Crippen LogP contribution is 2.36. The van der Waals surface area contributed by atoms with Crippen LogP contribution in [0.4, 0.5) is 11.5 Å². The number of halogens is 1. The molecule has 3 heterocycles. The second-order valence-corrected chi connectivity index (χ2v) is 7.52. The number of fused-ring (bicyclic) bond motifs is 1. The van der Waals surface area contributed by atoms with Gasteiger partial charge in [-0.1, -0.05) is 11.6 Å². The lowest BCUT2D eigenvalue weighted by molar-refractivity contribution is 0.578. The van der Waals surface area contributed by atoms with Crippen molar-refractivity contribution < 1.29 is 0 Å². The molecule has 0 atom stereocenters. The first-order valence-electron chi connectivity index (χ1n) is 9.31. The molecule has 0 spiro atoms. The number of nitrogens with zero attached hydrogens (tertiary/aromatic N) is 5. The summed E-state index contributed by atoms with van der Waals surface area (Å²) in [5.74, 6) is 1.44. The molecule has 1 aromatic carbocycles. The molecule has 0 bridgehead atoms. The smallest absolute Gasteiger partial charge is 0.253 e. The molecule has 0 radical (unpaired) electrons. The van der Waals surface area contributed by atoms with Gasteiger partial charge in [-0.25, -0.2) is 9.67 Å². The molecular weight excluding hydrogens is 348 g/mol. The topological polar surface area (TPSA) is 58.9 Å². The van der Waals surface area contributed by atoms with Crippen LogP contribution in [0.25, 0.3) is 16.9 Å². The van der Waals surface area contributed by atoms with Crippen molar-refractivity contribution in [2.75, 3.05) is 23.3 Å². The molecule has 1 aliphatic carbocycles. The second-order valence-electron chi connectivity index (χ2n) is 7.11. The Morgan fingerprint density at radius 2 is 1.92 bits per heavy atom. The standard InChI is InChI=1S/C19H21ClN6/c20-15-12-16-14(11-17(15)25-8-2-1-3-9-25)18(22-13-5-6-13)24-19(23-16)26-10-4-7-21-26/h4,7,10-13H,1-3,5-6,8-9H2,(H,22,23,24). The molecule has 0 amide bonds.